The van der Waals surface area contributed by atoms with Gasteiger partial charge in [-0.1, -0.05) is 12.1 Å². The zero-order valence-corrected chi connectivity index (χ0v) is 17.4. The molecule has 1 heterocycles. The number of methoxy groups -OCH3 is 3. The van der Waals surface area contributed by atoms with Gasteiger partial charge in [0, 0.05) is 11.6 Å². The number of hydrogen-bond acceptors (Lipinski definition) is 6. The first-order valence-corrected chi connectivity index (χ1v) is 9.09. The first kappa shape index (κ1) is 20.9. The van der Waals surface area contributed by atoms with Crippen LogP contribution in [0.15, 0.2) is 35.9 Å². The Morgan fingerprint density at radius 2 is 1.50 bits per heavy atom. The summed E-state index contributed by atoms with van der Waals surface area (Å²) in [6.45, 7) is 3.64. The van der Waals surface area contributed by atoms with Crippen LogP contribution in [-0.4, -0.2) is 39.2 Å². The number of rotatable bonds is 5. The molecule has 156 valence electrons. The minimum Gasteiger partial charge on any atom is -0.496 e. The molecule has 0 aliphatic carbocycles. The van der Waals surface area contributed by atoms with Crippen molar-refractivity contribution in [3.8, 4) is 17.2 Å². The van der Waals surface area contributed by atoms with Crippen LogP contribution in [0.2, 0.25) is 0 Å². The lowest BCUT2D eigenvalue weighted by Gasteiger charge is -2.28. The monoisotopic (exact) mass is 410 g/mol. The molecule has 2 aromatic rings. The van der Waals surface area contributed by atoms with Crippen molar-refractivity contribution in [1.29, 1.82) is 0 Å². The van der Waals surface area contributed by atoms with Crippen molar-refractivity contribution >= 4 is 29.6 Å². The molecule has 4 amide bonds. The number of hydrogen-bond donors (Lipinski definition) is 1. The van der Waals surface area contributed by atoms with Crippen molar-refractivity contribution in [2.75, 3.05) is 26.2 Å². The van der Waals surface area contributed by atoms with E-state index in [-0.39, 0.29) is 5.57 Å². The summed E-state index contributed by atoms with van der Waals surface area (Å²) in [6, 6.07) is 7.78. The first-order valence-electron chi connectivity index (χ1n) is 9.09. The van der Waals surface area contributed by atoms with E-state index >= 15 is 0 Å². The molecule has 0 unspecified atom stereocenters. The summed E-state index contributed by atoms with van der Waals surface area (Å²) in [4.78, 5) is 39.1. The second kappa shape index (κ2) is 8.28. The van der Waals surface area contributed by atoms with Crippen molar-refractivity contribution in [3.05, 3.63) is 52.6 Å². The fraction of sp³-hybridized carbons (Fsp3) is 0.227. The largest absolute Gasteiger partial charge is 0.496 e. The van der Waals surface area contributed by atoms with Gasteiger partial charge in [-0.25, -0.2) is 9.69 Å². The van der Waals surface area contributed by atoms with Crippen LogP contribution in [0.5, 0.6) is 17.2 Å². The highest BCUT2D eigenvalue weighted by Gasteiger charge is 2.37. The molecule has 1 aliphatic rings. The molecular weight excluding hydrogens is 388 g/mol. The van der Waals surface area contributed by atoms with Crippen molar-refractivity contribution in [2.24, 2.45) is 0 Å². The summed E-state index contributed by atoms with van der Waals surface area (Å²) in [5.41, 5.74) is 2.22. The second-order valence-electron chi connectivity index (χ2n) is 6.70. The Kier molecular flexibility index (Phi) is 5.77. The highest BCUT2D eigenvalue weighted by Crippen LogP contribution is 2.36. The van der Waals surface area contributed by atoms with Gasteiger partial charge in [0.25, 0.3) is 11.8 Å². The van der Waals surface area contributed by atoms with E-state index in [1.54, 1.807) is 25.1 Å². The fourth-order valence-corrected chi connectivity index (χ4v) is 3.16. The second-order valence-corrected chi connectivity index (χ2v) is 6.70. The van der Waals surface area contributed by atoms with Crippen molar-refractivity contribution in [3.63, 3.8) is 0 Å². The van der Waals surface area contributed by atoms with Gasteiger partial charge in [0.1, 0.15) is 11.3 Å². The van der Waals surface area contributed by atoms with Crippen LogP contribution in [0, 0.1) is 13.8 Å². The molecule has 1 N–H and O–H groups in total. The van der Waals surface area contributed by atoms with Crippen LogP contribution in [0.25, 0.3) is 6.08 Å². The number of imide groups is 2. The molecule has 0 atom stereocenters. The van der Waals surface area contributed by atoms with Gasteiger partial charge in [-0.2, -0.15) is 0 Å². The Bertz CT molecular complexity index is 1070. The summed E-state index contributed by atoms with van der Waals surface area (Å²) in [7, 11) is 4.42. The third-order valence-electron chi connectivity index (χ3n) is 4.74. The van der Waals surface area contributed by atoms with Gasteiger partial charge in [-0.3, -0.25) is 14.9 Å². The van der Waals surface area contributed by atoms with Crippen LogP contribution in [-0.2, 0) is 9.59 Å². The summed E-state index contributed by atoms with van der Waals surface area (Å²) < 4.78 is 15.9. The molecule has 3 rings (SSSR count). The van der Waals surface area contributed by atoms with Crippen LogP contribution >= 0.6 is 0 Å². The van der Waals surface area contributed by atoms with E-state index in [1.807, 2.05) is 19.1 Å². The number of aryl methyl sites for hydroxylation is 2. The van der Waals surface area contributed by atoms with E-state index in [0.29, 0.717) is 28.5 Å². The molecule has 8 nitrogen and oxygen atoms in total. The topological polar surface area (TPSA) is 94.2 Å². The number of ether oxygens (including phenoxy) is 3. The Hall–Kier alpha value is -3.81. The SMILES string of the molecule is COc1cc(OC)c(OC)cc1/C=C1\C(=O)NC(=O)N(c2cc(C)ccc2C)C1=O. The molecule has 0 aromatic heterocycles. The molecule has 0 radical (unpaired) electrons. The minimum absolute atomic E-state index is 0.207. The lowest BCUT2D eigenvalue weighted by Crippen LogP contribution is -2.54. The Labute approximate surface area is 174 Å². The molecule has 1 aliphatic heterocycles. The van der Waals surface area contributed by atoms with E-state index in [2.05, 4.69) is 5.32 Å². The van der Waals surface area contributed by atoms with Crippen LogP contribution in [0.1, 0.15) is 16.7 Å². The maximum absolute atomic E-state index is 13.2. The smallest absolute Gasteiger partial charge is 0.335 e. The van der Waals surface area contributed by atoms with Crippen LogP contribution < -0.4 is 24.4 Å². The molecule has 8 heteroatoms. The van der Waals surface area contributed by atoms with Gasteiger partial charge in [-0.15, -0.1) is 0 Å². The summed E-state index contributed by atoms with van der Waals surface area (Å²) in [5.74, 6) is -0.312. The number of nitrogens with one attached hydrogen (secondary N) is 1. The number of carbonyl (C=O) groups excluding carboxylic acids is 3. The normalized spacial score (nSPS) is 15.3. The van der Waals surface area contributed by atoms with Gasteiger partial charge in [0.05, 0.1) is 27.0 Å². The number of urea groups is 1. The molecule has 2 aromatic carbocycles. The van der Waals surface area contributed by atoms with Gasteiger partial charge >= 0.3 is 6.03 Å². The lowest BCUT2D eigenvalue weighted by atomic mass is 10.0. The molecule has 1 saturated heterocycles. The lowest BCUT2D eigenvalue weighted by molar-refractivity contribution is -0.122. The summed E-state index contributed by atoms with van der Waals surface area (Å²) in [5, 5.41) is 2.23. The molecular formula is C22H22N2O6. The Morgan fingerprint density at radius 3 is 2.13 bits per heavy atom. The number of amides is 4. The fourth-order valence-electron chi connectivity index (χ4n) is 3.16. The van der Waals surface area contributed by atoms with E-state index < -0.39 is 17.8 Å². The third-order valence-corrected chi connectivity index (χ3v) is 4.74. The maximum Gasteiger partial charge on any atom is 0.335 e. The molecule has 0 spiro atoms. The molecule has 30 heavy (non-hydrogen) atoms. The van der Waals surface area contributed by atoms with Gasteiger partial charge in [0.2, 0.25) is 0 Å². The molecule has 0 saturated carbocycles. The van der Waals surface area contributed by atoms with Crippen LogP contribution in [0.4, 0.5) is 10.5 Å². The zero-order valence-electron chi connectivity index (χ0n) is 17.4. The van der Waals surface area contributed by atoms with Crippen molar-refractivity contribution < 1.29 is 28.6 Å². The minimum atomic E-state index is -0.796. The number of benzene rings is 2. The number of anilines is 1. The van der Waals surface area contributed by atoms with E-state index in [0.717, 1.165) is 16.0 Å². The highest BCUT2D eigenvalue weighted by molar-refractivity contribution is 6.39. The average molecular weight is 410 g/mol. The van der Waals surface area contributed by atoms with Crippen LogP contribution in [0.3, 0.4) is 0 Å². The van der Waals surface area contributed by atoms with Gasteiger partial charge < -0.3 is 14.2 Å². The third kappa shape index (κ3) is 3.71. The van der Waals surface area contributed by atoms with Crippen molar-refractivity contribution in [1.82, 2.24) is 5.32 Å². The highest BCUT2D eigenvalue weighted by atomic mass is 16.5. The van der Waals surface area contributed by atoms with E-state index in [1.165, 1.54) is 27.4 Å². The molecule has 1 fully saturated rings. The maximum atomic E-state index is 13.2. The van der Waals surface area contributed by atoms with Gasteiger partial charge in [-0.05, 0) is 43.2 Å². The van der Waals surface area contributed by atoms with Gasteiger partial charge in [0.15, 0.2) is 11.5 Å². The molecule has 0 bridgehead atoms. The summed E-state index contributed by atoms with van der Waals surface area (Å²) >= 11 is 0. The van der Waals surface area contributed by atoms with E-state index in [4.69, 9.17) is 14.2 Å². The predicted octanol–water partition coefficient (Wildman–Crippen LogP) is 3.00. The Balaban J connectivity index is 2.12. The van der Waals surface area contributed by atoms with E-state index in [9.17, 15) is 14.4 Å². The predicted molar refractivity (Wildman–Crippen MR) is 111 cm³/mol. The quantitative estimate of drug-likeness (QED) is 0.602. The summed E-state index contributed by atoms with van der Waals surface area (Å²) in [6.07, 6.45) is 1.36. The van der Waals surface area contributed by atoms with Crippen molar-refractivity contribution in [2.45, 2.75) is 13.8 Å². The Morgan fingerprint density at radius 1 is 0.867 bits per heavy atom. The number of carbonyl (C=O) groups is 3. The average Bonchev–Trinajstić information content (AvgIpc) is 2.72. The first-order chi connectivity index (χ1) is 14.3. The number of nitrogens with zero attached hydrogens (tertiary/aromatic N) is 1. The standard InChI is InChI=1S/C22H22N2O6/c1-12-6-7-13(2)16(8-12)24-21(26)15(20(25)23-22(24)27)9-14-10-18(29-4)19(30-5)11-17(14)28-3/h6-11H,1-5H3,(H,23,25,27)/b15-9+. The zero-order chi connectivity index (χ0) is 22.0. The number of barbiturate groups is 1.